The lowest BCUT2D eigenvalue weighted by atomic mass is 10.1. The third-order valence-electron chi connectivity index (χ3n) is 4.28. The lowest BCUT2D eigenvalue weighted by Gasteiger charge is -2.23. The van der Waals surface area contributed by atoms with Crippen LogP contribution in [0.15, 0.2) is 29.9 Å². The first-order valence-electron chi connectivity index (χ1n) is 7.77. The van der Waals surface area contributed by atoms with Gasteiger partial charge in [-0.05, 0) is 25.8 Å². The van der Waals surface area contributed by atoms with Crippen molar-refractivity contribution in [2.45, 2.75) is 25.8 Å². The monoisotopic (exact) mass is 342 g/mol. The SMILES string of the molecule is Cc1nc(C2CCCN2C(=O)c2cc3nccnc3cc2F)cs1. The summed E-state index contributed by atoms with van der Waals surface area (Å²) >= 11 is 1.56. The summed E-state index contributed by atoms with van der Waals surface area (Å²) in [7, 11) is 0. The number of likely N-dealkylation sites (tertiary alicyclic amines) is 1. The van der Waals surface area contributed by atoms with E-state index in [1.165, 1.54) is 24.5 Å². The minimum atomic E-state index is -0.562. The molecule has 0 bridgehead atoms. The Morgan fingerprint density at radius 3 is 2.75 bits per heavy atom. The molecule has 1 fully saturated rings. The fourth-order valence-electron chi connectivity index (χ4n) is 3.15. The van der Waals surface area contributed by atoms with Crippen molar-refractivity contribution in [3.63, 3.8) is 0 Å². The number of hydrogen-bond donors (Lipinski definition) is 0. The average molecular weight is 342 g/mol. The van der Waals surface area contributed by atoms with E-state index >= 15 is 0 Å². The molecule has 7 heteroatoms. The summed E-state index contributed by atoms with van der Waals surface area (Å²) < 4.78 is 14.4. The molecular formula is C17H15FN4OS. The number of carbonyl (C=O) groups is 1. The Morgan fingerprint density at radius 2 is 2.04 bits per heavy atom. The number of aromatic nitrogens is 3. The highest BCUT2D eigenvalue weighted by molar-refractivity contribution is 7.09. The van der Waals surface area contributed by atoms with Gasteiger partial charge in [-0.25, -0.2) is 9.37 Å². The number of fused-ring (bicyclic) bond motifs is 1. The van der Waals surface area contributed by atoms with Crippen molar-refractivity contribution < 1.29 is 9.18 Å². The molecular weight excluding hydrogens is 327 g/mol. The zero-order valence-corrected chi connectivity index (χ0v) is 13.9. The molecule has 3 aromatic rings. The highest BCUT2D eigenvalue weighted by Gasteiger charge is 2.33. The van der Waals surface area contributed by atoms with Crippen LogP contribution in [0, 0.1) is 12.7 Å². The molecule has 0 saturated carbocycles. The van der Waals surface area contributed by atoms with Gasteiger partial charge < -0.3 is 4.90 Å². The summed E-state index contributed by atoms with van der Waals surface area (Å²) in [6, 6.07) is 2.68. The van der Waals surface area contributed by atoms with E-state index in [4.69, 9.17) is 0 Å². The minimum Gasteiger partial charge on any atom is -0.330 e. The Balaban J connectivity index is 1.71. The van der Waals surface area contributed by atoms with E-state index in [1.807, 2.05) is 12.3 Å². The first kappa shape index (κ1) is 15.1. The number of carbonyl (C=O) groups excluding carboxylic acids is 1. The van der Waals surface area contributed by atoms with Crippen LogP contribution in [-0.2, 0) is 0 Å². The largest absolute Gasteiger partial charge is 0.330 e. The standard InChI is InChI=1S/C17H15FN4OS/c1-10-21-15(9-24-10)16-3-2-6-22(16)17(23)11-7-13-14(8-12(11)18)20-5-4-19-13/h4-5,7-9,16H,2-3,6H2,1H3. The van der Waals surface area contributed by atoms with Gasteiger partial charge in [0.1, 0.15) is 5.82 Å². The molecule has 24 heavy (non-hydrogen) atoms. The maximum Gasteiger partial charge on any atom is 0.257 e. The fourth-order valence-corrected chi connectivity index (χ4v) is 3.81. The van der Waals surface area contributed by atoms with Crippen LogP contribution >= 0.6 is 11.3 Å². The van der Waals surface area contributed by atoms with Crippen molar-refractivity contribution in [2.24, 2.45) is 0 Å². The van der Waals surface area contributed by atoms with Gasteiger partial charge in [-0.15, -0.1) is 11.3 Å². The fraction of sp³-hybridized carbons (Fsp3) is 0.294. The van der Waals surface area contributed by atoms with Gasteiger partial charge in [0.25, 0.3) is 5.91 Å². The number of benzene rings is 1. The first-order valence-corrected chi connectivity index (χ1v) is 8.65. The van der Waals surface area contributed by atoms with Gasteiger partial charge >= 0.3 is 0 Å². The lowest BCUT2D eigenvalue weighted by molar-refractivity contribution is 0.0728. The third-order valence-corrected chi connectivity index (χ3v) is 5.07. The molecule has 3 heterocycles. The molecule has 1 aromatic carbocycles. The van der Waals surface area contributed by atoms with Crippen LogP contribution in [-0.4, -0.2) is 32.3 Å². The normalized spacial score (nSPS) is 17.6. The summed E-state index contributed by atoms with van der Waals surface area (Å²) in [5.41, 5.74) is 1.90. The highest BCUT2D eigenvalue weighted by Crippen LogP contribution is 2.34. The van der Waals surface area contributed by atoms with Crippen molar-refractivity contribution in [1.82, 2.24) is 19.9 Å². The molecule has 1 aliphatic heterocycles. The van der Waals surface area contributed by atoms with Gasteiger partial charge in [0.15, 0.2) is 0 Å². The molecule has 1 saturated heterocycles. The summed E-state index contributed by atoms with van der Waals surface area (Å²) in [6.45, 7) is 2.55. The first-order chi connectivity index (χ1) is 11.6. The van der Waals surface area contributed by atoms with Crippen LogP contribution in [0.25, 0.3) is 11.0 Å². The van der Waals surface area contributed by atoms with Crippen LogP contribution in [0.1, 0.15) is 39.9 Å². The molecule has 1 amide bonds. The van der Waals surface area contributed by atoms with Gasteiger partial charge in [0.05, 0.1) is 33.3 Å². The van der Waals surface area contributed by atoms with Crippen LogP contribution in [0.5, 0.6) is 0 Å². The van der Waals surface area contributed by atoms with Crippen LogP contribution < -0.4 is 0 Å². The molecule has 2 aromatic heterocycles. The summed E-state index contributed by atoms with van der Waals surface area (Å²) in [6.07, 6.45) is 4.78. The number of halogens is 1. The number of aryl methyl sites for hydroxylation is 1. The van der Waals surface area contributed by atoms with Crippen molar-refractivity contribution in [3.05, 3.63) is 52.0 Å². The smallest absolute Gasteiger partial charge is 0.257 e. The van der Waals surface area contributed by atoms with Crippen molar-refractivity contribution in [1.29, 1.82) is 0 Å². The van der Waals surface area contributed by atoms with Gasteiger partial charge in [0.2, 0.25) is 0 Å². The Hall–Kier alpha value is -2.41. The van der Waals surface area contributed by atoms with Crippen molar-refractivity contribution >= 4 is 28.3 Å². The van der Waals surface area contributed by atoms with Gasteiger partial charge in [-0.1, -0.05) is 0 Å². The molecule has 0 N–H and O–H groups in total. The number of nitrogens with zero attached hydrogens (tertiary/aromatic N) is 4. The van der Waals surface area contributed by atoms with Gasteiger partial charge in [-0.2, -0.15) is 0 Å². The van der Waals surface area contributed by atoms with Crippen LogP contribution in [0.4, 0.5) is 4.39 Å². The number of hydrogen-bond acceptors (Lipinski definition) is 5. The zero-order chi connectivity index (χ0) is 16.7. The van der Waals surface area contributed by atoms with Gasteiger partial charge in [-0.3, -0.25) is 14.8 Å². The second-order valence-corrected chi connectivity index (χ2v) is 6.89. The molecule has 4 rings (SSSR count). The molecule has 0 radical (unpaired) electrons. The molecule has 1 unspecified atom stereocenters. The lowest BCUT2D eigenvalue weighted by Crippen LogP contribution is -2.31. The Morgan fingerprint density at radius 1 is 1.29 bits per heavy atom. The Bertz CT molecular complexity index is 926. The predicted octanol–water partition coefficient (Wildman–Crippen LogP) is 3.51. The van der Waals surface area contributed by atoms with E-state index in [2.05, 4.69) is 15.0 Å². The van der Waals surface area contributed by atoms with E-state index in [-0.39, 0.29) is 17.5 Å². The van der Waals surface area contributed by atoms with Gasteiger partial charge in [0, 0.05) is 30.4 Å². The van der Waals surface area contributed by atoms with E-state index in [9.17, 15) is 9.18 Å². The van der Waals surface area contributed by atoms with Crippen LogP contribution in [0.2, 0.25) is 0 Å². The number of thiazole rings is 1. The molecule has 0 aliphatic carbocycles. The summed E-state index contributed by atoms with van der Waals surface area (Å²) in [4.78, 5) is 27.4. The molecule has 1 aliphatic rings. The van der Waals surface area contributed by atoms with E-state index in [0.717, 1.165) is 23.5 Å². The average Bonchev–Trinajstić information content (AvgIpc) is 3.22. The third kappa shape index (κ3) is 2.54. The van der Waals surface area contributed by atoms with E-state index in [1.54, 1.807) is 16.2 Å². The van der Waals surface area contributed by atoms with E-state index < -0.39 is 5.82 Å². The maximum atomic E-state index is 14.4. The molecule has 5 nitrogen and oxygen atoms in total. The predicted molar refractivity (Wildman–Crippen MR) is 89.4 cm³/mol. The molecule has 1 atom stereocenters. The van der Waals surface area contributed by atoms with E-state index in [0.29, 0.717) is 17.6 Å². The topological polar surface area (TPSA) is 59.0 Å². The Kier molecular flexibility index (Phi) is 3.72. The summed E-state index contributed by atoms with van der Waals surface area (Å²) in [5.74, 6) is -0.874. The quantitative estimate of drug-likeness (QED) is 0.715. The van der Waals surface area contributed by atoms with Crippen LogP contribution in [0.3, 0.4) is 0 Å². The number of amides is 1. The maximum absolute atomic E-state index is 14.4. The number of rotatable bonds is 2. The van der Waals surface area contributed by atoms with Crippen molar-refractivity contribution in [3.8, 4) is 0 Å². The molecule has 0 spiro atoms. The zero-order valence-electron chi connectivity index (χ0n) is 13.1. The van der Waals surface area contributed by atoms with Crippen molar-refractivity contribution in [2.75, 3.05) is 6.54 Å². The minimum absolute atomic E-state index is 0.0434. The highest BCUT2D eigenvalue weighted by atomic mass is 32.1. The molecule has 122 valence electrons. The second-order valence-electron chi connectivity index (χ2n) is 5.83. The second kappa shape index (κ2) is 5.90. The Labute approximate surface area is 142 Å². The summed E-state index contributed by atoms with van der Waals surface area (Å²) in [5, 5.41) is 2.95.